The zero-order valence-electron chi connectivity index (χ0n) is 11.4. The van der Waals surface area contributed by atoms with Crippen LogP contribution in [0.5, 0.6) is 0 Å². The molecule has 2 amide bonds. The van der Waals surface area contributed by atoms with E-state index < -0.39 is 11.5 Å². The average Bonchev–Trinajstić information content (AvgIpc) is 2.91. The predicted molar refractivity (Wildman–Crippen MR) is 68.7 cm³/mol. The molecule has 19 heavy (non-hydrogen) atoms. The first kappa shape index (κ1) is 14.1. The van der Waals surface area contributed by atoms with E-state index >= 15 is 0 Å². The van der Waals surface area contributed by atoms with Crippen LogP contribution in [-0.4, -0.2) is 51.8 Å². The lowest BCUT2D eigenvalue weighted by Crippen LogP contribution is -2.55. The fourth-order valence-electron chi connectivity index (χ4n) is 3.01. The molecular formula is C13H22N2O4. The molecule has 0 aromatic rings. The Kier molecular flexibility index (Phi) is 3.71. The van der Waals surface area contributed by atoms with E-state index in [2.05, 4.69) is 5.32 Å². The third-order valence-corrected chi connectivity index (χ3v) is 4.67. The standard InChI is InChI=1S/C13H22N2O4/c1-3-13(2,11(17)18)14-12(19)15-6-8-4-5-10(16)9(8)7-15/h8-10,16H,3-7H2,1-2H3,(H,14,19)(H,17,18). The molecule has 2 rings (SSSR count). The Morgan fingerprint density at radius 1 is 1.37 bits per heavy atom. The molecule has 0 bridgehead atoms. The molecule has 4 unspecified atom stereocenters. The zero-order chi connectivity index (χ0) is 14.2. The first-order valence-electron chi connectivity index (χ1n) is 6.86. The summed E-state index contributed by atoms with van der Waals surface area (Å²) in [5.41, 5.74) is -1.23. The normalized spacial score (nSPS) is 32.8. The van der Waals surface area contributed by atoms with E-state index in [1.54, 1.807) is 11.8 Å². The van der Waals surface area contributed by atoms with Crippen molar-refractivity contribution in [3.05, 3.63) is 0 Å². The van der Waals surface area contributed by atoms with Crippen LogP contribution in [0.2, 0.25) is 0 Å². The molecule has 0 aromatic carbocycles. The highest BCUT2D eigenvalue weighted by molar-refractivity contribution is 5.86. The second kappa shape index (κ2) is 5.00. The van der Waals surface area contributed by atoms with E-state index in [1.807, 2.05) is 0 Å². The maximum absolute atomic E-state index is 12.1. The Bertz CT molecular complexity index is 387. The molecule has 3 N–H and O–H groups in total. The fourth-order valence-corrected chi connectivity index (χ4v) is 3.01. The lowest BCUT2D eigenvalue weighted by Gasteiger charge is -2.28. The monoisotopic (exact) mass is 270 g/mol. The highest BCUT2D eigenvalue weighted by atomic mass is 16.4. The van der Waals surface area contributed by atoms with Gasteiger partial charge in [0, 0.05) is 19.0 Å². The number of nitrogens with one attached hydrogen (secondary N) is 1. The van der Waals surface area contributed by atoms with Crippen LogP contribution in [0.1, 0.15) is 33.1 Å². The topological polar surface area (TPSA) is 89.9 Å². The van der Waals surface area contributed by atoms with Gasteiger partial charge in [-0.05, 0) is 32.1 Å². The van der Waals surface area contributed by atoms with Crippen LogP contribution in [0, 0.1) is 11.8 Å². The number of nitrogens with zero attached hydrogens (tertiary/aromatic N) is 1. The van der Waals surface area contributed by atoms with Gasteiger partial charge in [0.2, 0.25) is 0 Å². The van der Waals surface area contributed by atoms with Crippen molar-refractivity contribution >= 4 is 12.0 Å². The van der Waals surface area contributed by atoms with E-state index in [0.29, 0.717) is 25.4 Å². The number of carbonyl (C=O) groups is 2. The quantitative estimate of drug-likeness (QED) is 0.702. The van der Waals surface area contributed by atoms with Crippen molar-refractivity contribution in [2.24, 2.45) is 11.8 Å². The summed E-state index contributed by atoms with van der Waals surface area (Å²) in [6.07, 6.45) is 1.77. The number of carbonyl (C=O) groups excluding carboxylic acids is 1. The van der Waals surface area contributed by atoms with Crippen LogP contribution >= 0.6 is 0 Å². The minimum atomic E-state index is -1.23. The summed E-state index contributed by atoms with van der Waals surface area (Å²) in [5.74, 6) is -0.510. The number of hydrogen-bond acceptors (Lipinski definition) is 3. The molecule has 2 fully saturated rings. The van der Waals surface area contributed by atoms with Gasteiger partial charge in [0.25, 0.3) is 0 Å². The third-order valence-electron chi connectivity index (χ3n) is 4.67. The van der Waals surface area contributed by atoms with Crippen LogP contribution in [0.4, 0.5) is 4.79 Å². The number of fused-ring (bicyclic) bond motifs is 1. The second-order valence-electron chi connectivity index (χ2n) is 5.89. The molecule has 1 aliphatic heterocycles. The number of likely N-dealkylation sites (tertiary alicyclic amines) is 1. The minimum Gasteiger partial charge on any atom is -0.480 e. The van der Waals surface area contributed by atoms with Gasteiger partial charge in [0.05, 0.1) is 6.10 Å². The van der Waals surface area contributed by atoms with Crippen molar-refractivity contribution in [1.82, 2.24) is 10.2 Å². The predicted octanol–water partition coefficient (Wildman–Crippen LogP) is 0.652. The molecule has 0 aromatic heterocycles. The van der Waals surface area contributed by atoms with Gasteiger partial charge in [0.15, 0.2) is 0 Å². The SMILES string of the molecule is CCC(C)(NC(=O)N1CC2CCC(O)C2C1)C(=O)O. The van der Waals surface area contributed by atoms with Crippen molar-refractivity contribution in [1.29, 1.82) is 0 Å². The third kappa shape index (κ3) is 2.54. The Morgan fingerprint density at radius 3 is 2.58 bits per heavy atom. The summed E-state index contributed by atoms with van der Waals surface area (Å²) >= 11 is 0. The van der Waals surface area contributed by atoms with E-state index in [1.165, 1.54) is 6.92 Å². The van der Waals surface area contributed by atoms with Crippen LogP contribution in [0.3, 0.4) is 0 Å². The molecule has 2 aliphatic rings. The molecule has 1 saturated heterocycles. The first-order valence-corrected chi connectivity index (χ1v) is 6.86. The van der Waals surface area contributed by atoms with E-state index in [9.17, 15) is 14.7 Å². The van der Waals surface area contributed by atoms with Crippen molar-refractivity contribution < 1.29 is 19.8 Å². The molecule has 6 heteroatoms. The largest absolute Gasteiger partial charge is 0.480 e. The maximum atomic E-state index is 12.1. The van der Waals surface area contributed by atoms with Crippen LogP contribution in [0.15, 0.2) is 0 Å². The summed E-state index contributed by atoms with van der Waals surface area (Å²) in [6, 6.07) is -0.339. The first-order chi connectivity index (χ1) is 8.87. The molecule has 0 radical (unpaired) electrons. The van der Waals surface area contributed by atoms with Crippen molar-refractivity contribution in [3.63, 3.8) is 0 Å². The molecule has 0 spiro atoms. The van der Waals surface area contributed by atoms with Gasteiger partial charge in [-0.15, -0.1) is 0 Å². The minimum absolute atomic E-state index is 0.156. The highest BCUT2D eigenvalue weighted by Crippen LogP contribution is 2.38. The van der Waals surface area contributed by atoms with Gasteiger partial charge in [0.1, 0.15) is 5.54 Å². The van der Waals surface area contributed by atoms with Crippen molar-refractivity contribution in [2.45, 2.75) is 44.8 Å². The summed E-state index contributed by atoms with van der Waals surface area (Å²) in [5, 5.41) is 21.6. The number of carboxylic acids is 1. The van der Waals surface area contributed by atoms with Crippen LogP contribution in [0.25, 0.3) is 0 Å². The number of aliphatic hydroxyl groups is 1. The molecular weight excluding hydrogens is 248 g/mol. The van der Waals surface area contributed by atoms with Crippen molar-refractivity contribution in [3.8, 4) is 0 Å². The van der Waals surface area contributed by atoms with Gasteiger partial charge in [-0.25, -0.2) is 9.59 Å². The summed E-state index contributed by atoms with van der Waals surface area (Å²) in [7, 11) is 0. The summed E-state index contributed by atoms with van der Waals surface area (Å²) < 4.78 is 0. The lowest BCUT2D eigenvalue weighted by molar-refractivity contribution is -0.143. The van der Waals surface area contributed by atoms with E-state index in [4.69, 9.17) is 5.11 Å². The lowest BCUT2D eigenvalue weighted by atomic mass is 9.99. The average molecular weight is 270 g/mol. The van der Waals surface area contributed by atoms with Crippen LogP contribution in [-0.2, 0) is 4.79 Å². The molecule has 1 aliphatic carbocycles. The Hall–Kier alpha value is -1.30. The van der Waals surface area contributed by atoms with Crippen molar-refractivity contribution in [2.75, 3.05) is 13.1 Å². The highest BCUT2D eigenvalue weighted by Gasteiger charge is 2.44. The molecule has 1 heterocycles. The number of rotatable bonds is 3. The van der Waals surface area contributed by atoms with Gasteiger partial charge < -0.3 is 20.4 Å². The smallest absolute Gasteiger partial charge is 0.329 e. The number of aliphatic carboxylic acids is 1. The van der Waals surface area contributed by atoms with Gasteiger partial charge in [-0.2, -0.15) is 0 Å². The fraction of sp³-hybridized carbons (Fsp3) is 0.846. The molecule has 4 atom stereocenters. The molecule has 108 valence electrons. The molecule has 6 nitrogen and oxygen atoms in total. The number of urea groups is 1. The van der Waals surface area contributed by atoms with Gasteiger partial charge in [-0.3, -0.25) is 0 Å². The van der Waals surface area contributed by atoms with E-state index in [0.717, 1.165) is 12.8 Å². The zero-order valence-corrected chi connectivity index (χ0v) is 11.4. The summed E-state index contributed by atoms with van der Waals surface area (Å²) in [6.45, 7) is 4.39. The number of amides is 2. The Balaban J connectivity index is 1.97. The van der Waals surface area contributed by atoms with Crippen LogP contribution < -0.4 is 5.32 Å². The number of aliphatic hydroxyl groups excluding tert-OH is 1. The number of carboxylic acid groups (broad SMARTS) is 1. The summed E-state index contributed by atoms with van der Waals surface area (Å²) in [4.78, 5) is 24.9. The number of hydrogen-bond donors (Lipinski definition) is 3. The van der Waals surface area contributed by atoms with E-state index in [-0.39, 0.29) is 18.1 Å². The van der Waals surface area contributed by atoms with Gasteiger partial charge >= 0.3 is 12.0 Å². The molecule has 1 saturated carbocycles. The van der Waals surface area contributed by atoms with Gasteiger partial charge in [-0.1, -0.05) is 6.92 Å². The maximum Gasteiger partial charge on any atom is 0.329 e. The second-order valence-corrected chi connectivity index (χ2v) is 5.89. The Morgan fingerprint density at radius 2 is 2.05 bits per heavy atom. The Labute approximate surface area is 112 Å².